The predicted molar refractivity (Wildman–Crippen MR) is 285 cm³/mol. The minimum absolute atomic E-state index is 0.0522. The molecule has 2 aliphatic rings. The van der Waals surface area contributed by atoms with E-state index in [2.05, 4.69) is 55.4 Å². The molecule has 5 rings (SSSR count). The minimum Gasteiger partial charge on any atom is -0.363 e. The highest BCUT2D eigenvalue weighted by molar-refractivity contribution is 8.14. The van der Waals surface area contributed by atoms with E-state index in [1.165, 1.54) is 33.5 Å². The zero-order valence-electron chi connectivity index (χ0n) is 42.7. The van der Waals surface area contributed by atoms with E-state index in [4.69, 9.17) is 31.4 Å². The van der Waals surface area contributed by atoms with Crippen molar-refractivity contribution in [1.82, 2.24) is 41.1 Å². The molecule has 8 unspecified atom stereocenters. The maximum Gasteiger partial charge on any atom is 0.248 e. The number of nitrogens with one attached hydrogen (secondary N) is 8. The Morgan fingerprint density at radius 2 is 1.04 bits per heavy atom. The van der Waals surface area contributed by atoms with Crippen molar-refractivity contribution >= 4 is 57.5 Å². The van der Waals surface area contributed by atoms with Crippen LogP contribution in [0.25, 0.3) is 0 Å². The van der Waals surface area contributed by atoms with Gasteiger partial charge in [-0.3, -0.25) is 30.0 Å². The Morgan fingerprint density at radius 3 is 1.41 bits per heavy atom. The van der Waals surface area contributed by atoms with Crippen LogP contribution in [0.2, 0.25) is 0 Å². The van der Waals surface area contributed by atoms with Crippen LogP contribution in [0.3, 0.4) is 0 Å². The zero-order valence-corrected chi connectivity index (χ0v) is 44.4. The summed E-state index contributed by atoms with van der Waals surface area (Å²) in [6, 6.07) is 22.0. The van der Waals surface area contributed by atoms with Gasteiger partial charge in [0.1, 0.15) is 25.3 Å². The fourth-order valence-corrected chi connectivity index (χ4v) is 9.57. The molecule has 0 spiro atoms. The number of amidine groups is 2. The lowest BCUT2D eigenvalue weighted by molar-refractivity contribution is -0.141. The number of hydrogen-bond acceptors (Lipinski definition) is 16. The number of hydrogen-bond donors (Lipinski definition) is 8. The van der Waals surface area contributed by atoms with Gasteiger partial charge in [-0.25, -0.2) is 10.0 Å². The fourth-order valence-electron chi connectivity index (χ4n) is 8.10. The Bertz CT molecular complexity index is 2370. The molecule has 0 aliphatic carbocycles. The molecule has 0 bridgehead atoms. The summed E-state index contributed by atoms with van der Waals surface area (Å²) in [6.07, 6.45) is 1.13. The van der Waals surface area contributed by atoms with Crippen molar-refractivity contribution in [3.8, 4) is 23.7 Å². The van der Waals surface area contributed by atoms with E-state index < -0.39 is 36.4 Å². The molecule has 394 valence electrons. The minimum atomic E-state index is -1.05. The second kappa shape index (κ2) is 29.9. The Kier molecular flexibility index (Phi) is 23.5. The molecule has 2 fully saturated rings. The molecule has 0 aromatic heterocycles. The van der Waals surface area contributed by atoms with Gasteiger partial charge >= 0.3 is 0 Å². The Morgan fingerprint density at radius 1 is 0.649 bits per heavy atom. The first-order valence-electron chi connectivity index (χ1n) is 24.5. The number of benzene rings is 3. The van der Waals surface area contributed by atoms with Gasteiger partial charge in [-0.1, -0.05) is 100 Å². The Hall–Kier alpha value is -6.66. The van der Waals surface area contributed by atoms with Crippen molar-refractivity contribution in [2.75, 3.05) is 53.5 Å². The van der Waals surface area contributed by atoms with Gasteiger partial charge in [-0.2, -0.15) is 11.1 Å². The SMILES string of the molecule is CNC(C)C(=O)NC(C(=O)N1CCCC1CN(N=N)C(=N)Sc1ccccc1)C(C)OCC#Cc1cccc(C#CCOC(C)C(NC(=O)C(C)NC)C(=O)N2CCCC2CN(N=N)C(=N)Sc2ccccc2)c1. The number of rotatable bonds is 22. The molecular formula is C52H68N14O6S2. The third-order valence-corrected chi connectivity index (χ3v) is 14.4. The number of carbonyl (C=O) groups excluding carboxylic acids is 4. The van der Waals surface area contributed by atoms with Gasteiger partial charge in [0.05, 0.1) is 49.5 Å². The van der Waals surface area contributed by atoms with Crippen LogP contribution >= 0.6 is 23.5 Å². The van der Waals surface area contributed by atoms with Gasteiger partial charge in [0.15, 0.2) is 10.3 Å². The van der Waals surface area contributed by atoms with Gasteiger partial charge in [-0.15, -0.1) is 0 Å². The van der Waals surface area contributed by atoms with E-state index in [0.717, 1.165) is 9.79 Å². The van der Waals surface area contributed by atoms with Crippen molar-refractivity contribution in [2.24, 2.45) is 10.4 Å². The van der Waals surface area contributed by atoms with E-state index in [-0.39, 0.29) is 72.4 Å². The van der Waals surface area contributed by atoms with Crippen LogP contribution in [0, 0.1) is 45.6 Å². The zero-order chi connectivity index (χ0) is 53.6. The van der Waals surface area contributed by atoms with Crippen molar-refractivity contribution < 1.29 is 28.7 Å². The number of carbonyl (C=O) groups is 4. The van der Waals surface area contributed by atoms with Crippen LogP contribution in [-0.4, -0.2) is 156 Å². The van der Waals surface area contributed by atoms with Crippen molar-refractivity contribution in [1.29, 1.82) is 21.9 Å². The Labute approximate surface area is 442 Å². The monoisotopic (exact) mass is 1050 g/mol. The molecule has 3 aromatic carbocycles. The average molecular weight is 1050 g/mol. The molecule has 2 aliphatic heterocycles. The summed E-state index contributed by atoms with van der Waals surface area (Å²) < 4.78 is 12.2. The van der Waals surface area contributed by atoms with Crippen molar-refractivity contribution in [2.45, 2.75) is 112 Å². The maximum atomic E-state index is 14.3. The van der Waals surface area contributed by atoms with E-state index >= 15 is 0 Å². The molecule has 0 radical (unpaired) electrons. The summed E-state index contributed by atoms with van der Waals surface area (Å²) in [4.78, 5) is 59.9. The third kappa shape index (κ3) is 17.2. The van der Waals surface area contributed by atoms with E-state index in [1.807, 2.05) is 78.9 Å². The third-order valence-electron chi connectivity index (χ3n) is 12.6. The summed E-state index contributed by atoms with van der Waals surface area (Å²) in [7, 11) is 3.31. The van der Waals surface area contributed by atoms with Crippen LogP contribution in [0.15, 0.2) is 105 Å². The van der Waals surface area contributed by atoms with E-state index in [9.17, 15) is 19.2 Å². The van der Waals surface area contributed by atoms with Crippen molar-refractivity contribution in [3.05, 3.63) is 96.1 Å². The summed E-state index contributed by atoms with van der Waals surface area (Å²) in [6.45, 7) is 7.85. The molecule has 22 heteroatoms. The van der Waals surface area contributed by atoms with Gasteiger partial charge in [0.25, 0.3) is 0 Å². The number of amides is 4. The molecule has 20 nitrogen and oxygen atoms in total. The van der Waals surface area contributed by atoms with Crippen LogP contribution in [0.1, 0.15) is 64.5 Å². The highest BCUT2D eigenvalue weighted by Gasteiger charge is 2.40. The van der Waals surface area contributed by atoms with E-state index in [1.54, 1.807) is 57.7 Å². The van der Waals surface area contributed by atoms with Crippen LogP contribution in [0.4, 0.5) is 0 Å². The number of likely N-dealkylation sites (N-methyl/N-ethyl adjacent to an activating group) is 2. The summed E-state index contributed by atoms with van der Waals surface area (Å²) >= 11 is 2.34. The summed E-state index contributed by atoms with van der Waals surface area (Å²) in [5.41, 5.74) is 16.9. The average Bonchev–Trinajstić information content (AvgIpc) is 4.09. The normalized spacial score (nSPS) is 17.4. The quantitative estimate of drug-likeness (QED) is 0.0159. The van der Waals surface area contributed by atoms with Crippen LogP contribution < -0.4 is 21.3 Å². The van der Waals surface area contributed by atoms with Crippen LogP contribution in [0.5, 0.6) is 0 Å². The first-order valence-corrected chi connectivity index (χ1v) is 26.1. The Balaban J connectivity index is 1.19. The maximum absolute atomic E-state index is 14.3. The molecule has 0 saturated carbocycles. The predicted octanol–water partition coefficient (Wildman–Crippen LogP) is 5.32. The van der Waals surface area contributed by atoms with Gasteiger partial charge in [-0.05, 0) is 110 Å². The molecule has 2 saturated heterocycles. The number of likely N-dealkylation sites (tertiary alicyclic amines) is 2. The smallest absolute Gasteiger partial charge is 0.248 e. The molecule has 3 aromatic rings. The lowest BCUT2D eigenvalue weighted by Crippen LogP contribution is -2.58. The van der Waals surface area contributed by atoms with Gasteiger partial charge < -0.3 is 40.5 Å². The molecule has 74 heavy (non-hydrogen) atoms. The first-order chi connectivity index (χ1) is 35.7. The van der Waals surface area contributed by atoms with Gasteiger partial charge in [0.2, 0.25) is 23.6 Å². The molecule has 8 atom stereocenters. The highest BCUT2D eigenvalue weighted by atomic mass is 32.2. The van der Waals surface area contributed by atoms with Crippen molar-refractivity contribution in [3.63, 3.8) is 0 Å². The largest absolute Gasteiger partial charge is 0.363 e. The highest BCUT2D eigenvalue weighted by Crippen LogP contribution is 2.27. The second-order valence-corrected chi connectivity index (χ2v) is 19.8. The van der Waals surface area contributed by atoms with Crippen LogP contribution in [-0.2, 0) is 28.7 Å². The summed E-state index contributed by atoms with van der Waals surface area (Å²) in [5.74, 6) is 10.8. The second-order valence-electron chi connectivity index (χ2n) is 17.7. The molecule has 4 amide bonds. The van der Waals surface area contributed by atoms with Gasteiger partial charge in [0, 0.05) is 34.0 Å². The number of ether oxygens (including phenoxy) is 2. The topological polar surface area (TPSA) is 268 Å². The summed E-state index contributed by atoms with van der Waals surface area (Å²) in [5, 5.41) is 38.6. The molecule has 2 heterocycles. The lowest BCUT2D eigenvalue weighted by Gasteiger charge is -2.33. The molecule has 8 N–H and O–H groups in total. The number of thioether (sulfide) groups is 2. The lowest BCUT2D eigenvalue weighted by atomic mass is 10.1. The standard InChI is InChI=1S/C52H68N14O6S2/c1-35(57-5)47(67)59-45(49(69)63-28-14-22-41(63)33-65(61-55)51(53)73-43-24-9-7-10-25-43)37(3)71-30-16-20-39-18-13-19-40(32-39)21-17-31-72-38(4)46(60-48(68)36(2)58-6)50(70)64-29-15-23-42(64)34-66(62-56)52(54)74-44-26-11-8-12-27-44/h7-13,18-19,24-27,32,35-38,41-42,45-46,53-58H,14-15,22-23,28-31,33-34H2,1-6H3,(H,59,67)(H,60,68). The molecular weight excluding hydrogens is 981 g/mol. The van der Waals surface area contributed by atoms with E-state index in [0.29, 0.717) is 49.9 Å². The first kappa shape index (κ1) is 58.2. The number of nitrogens with zero attached hydrogens (tertiary/aromatic N) is 6. The fraction of sp³-hybridized carbons (Fsp3) is 0.462.